The Morgan fingerprint density at radius 3 is 2.39 bits per heavy atom. The zero-order chi connectivity index (χ0) is 30.1. The van der Waals surface area contributed by atoms with E-state index in [1.165, 1.54) is 37.6 Å². The Labute approximate surface area is 235 Å². The summed E-state index contributed by atoms with van der Waals surface area (Å²) in [5.74, 6) is -1.48. The van der Waals surface area contributed by atoms with E-state index in [2.05, 4.69) is 14.7 Å². The molecule has 2 heterocycles. The lowest BCUT2D eigenvalue weighted by Gasteiger charge is -2.44. The van der Waals surface area contributed by atoms with Gasteiger partial charge in [-0.05, 0) is 41.8 Å². The highest BCUT2D eigenvalue weighted by Gasteiger charge is 2.38. The summed E-state index contributed by atoms with van der Waals surface area (Å²) in [6, 6.07) is 9.63. The maximum atomic E-state index is 14.2. The molecule has 41 heavy (non-hydrogen) atoms. The van der Waals surface area contributed by atoms with Gasteiger partial charge in [-0.15, -0.1) is 0 Å². The second-order valence-electron chi connectivity index (χ2n) is 10.2. The van der Waals surface area contributed by atoms with Crippen LogP contribution in [0.3, 0.4) is 0 Å². The lowest BCUT2D eigenvalue weighted by atomic mass is 9.99. The number of aromatic nitrogens is 2. The van der Waals surface area contributed by atoms with Crippen molar-refractivity contribution in [2.45, 2.75) is 37.4 Å². The average Bonchev–Trinajstić information content (AvgIpc) is 2.92. The van der Waals surface area contributed by atoms with Gasteiger partial charge in [0.05, 0.1) is 18.7 Å². The molecular weight excluding hydrogens is 564 g/mol. The van der Waals surface area contributed by atoms with Crippen molar-refractivity contribution < 1.29 is 35.5 Å². The standard InChI is InChI=1S/C28H30F4N4O4S/c1-17(2)23-16-35(21-9-10-22(29)24(14-21)41(4,38)39)11-12-36(23)27-33-15-20(25(34-27)28(30,31)32)13-18-5-7-19(8-6-18)26(37)40-3/h5-10,14-15,17,23H,11-13,16H2,1-4H3/t23-/m0/s1. The zero-order valence-electron chi connectivity index (χ0n) is 22.9. The van der Waals surface area contributed by atoms with Gasteiger partial charge in [-0.1, -0.05) is 26.0 Å². The van der Waals surface area contributed by atoms with Gasteiger partial charge in [0, 0.05) is 49.8 Å². The first-order valence-corrected chi connectivity index (χ1v) is 14.7. The van der Waals surface area contributed by atoms with Gasteiger partial charge in [0.15, 0.2) is 15.5 Å². The highest BCUT2D eigenvalue weighted by molar-refractivity contribution is 7.90. The van der Waals surface area contributed by atoms with Crippen molar-refractivity contribution in [3.05, 3.63) is 76.9 Å². The van der Waals surface area contributed by atoms with Crippen molar-refractivity contribution in [2.24, 2.45) is 5.92 Å². The van der Waals surface area contributed by atoms with Crippen LogP contribution in [0.1, 0.15) is 41.0 Å². The summed E-state index contributed by atoms with van der Waals surface area (Å²) >= 11 is 0. The molecule has 0 bridgehead atoms. The van der Waals surface area contributed by atoms with Crippen LogP contribution >= 0.6 is 0 Å². The lowest BCUT2D eigenvalue weighted by Crippen LogP contribution is -2.56. The van der Waals surface area contributed by atoms with E-state index in [9.17, 15) is 30.8 Å². The maximum Gasteiger partial charge on any atom is 0.433 e. The van der Waals surface area contributed by atoms with Crippen LogP contribution in [0.25, 0.3) is 0 Å². The molecule has 1 fully saturated rings. The average molecular weight is 595 g/mol. The monoisotopic (exact) mass is 594 g/mol. The third-order valence-corrected chi connectivity index (χ3v) is 8.13. The smallest absolute Gasteiger partial charge is 0.433 e. The normalized spacial score (nSPS) is 16.3. The van der Waals surface area contributed by atoms with Crippen LogP contribution in [0.15, 0.2) is 53.6 Å². The van der Waals surface area contributed by atoms with Crippen molar-refractivity contribution in [3.63, 3.8) is 0 Å². The Morgan fingerprint density at radius 2 is 1.80 bits per heavy atom. The molecule has 0 radical (unpaired) electrons. The van der Waals surface area contributed by atoms with E-state index in [4.69, 9.17) is 0 Å². The number of benzene rings is 2. The molecule has 2 aromatic carbocycles. The fourth-order valence-corrected chi connectivity index (χ4v) is 5.60. The number of esters is 1. The largest absolute Gasteiger partial charge is 0.465 e. The minimum atomic E-state index is -4.73. The topological polar surface area (TPSA) is 92.7 Å². The SMILES string of the molecule is COC(=O)c1ccc(Cc2cnc(N3CCN(c4ccc(F)c(S(C)(=O)=O)c4)C[C@H]3C(C)C)nc2C(F)(F)F)cc1. The summed E-state index contributed by atoms with van der Waals surface area (Å²) in [6.45, 7) is 4.78. The molecule has 3 aromatic rings. The minimum absolute atomic E-state index is 0.0291. The zero-order valence-corrected chi connectivity index (χ0v) is 23.8. The van der Waals surface area contributed by atoms with Crippen molar-refractivity contribution in [1.29, 1.82) is 0 Å². The molecule has 220 valence electrons. The van der Waals surface area contributed by atoms with E-state index in [-0.39, 0.29) is 42.0 Å². The molecule has 0 saturated carbocycles. The Morgan fingerprint density at radius 1 is 1.12 bits per heavy atom. The van der Waals surface area contributed by atoms with Gasteiger partial charge in [0.1, 0.15) is 10.7 Å². The van der Waals surface area contributed by atoms with E-state index >= 15 is 0 Å². The Kier molecular flexibility index (Phi) is 8.57. The van der Waals surface area contributed by atoms with Gasteiger partial charge in [0.2, 0.25) is 5.95 Å². The number of ether oxygens (including phenoxy) is 1. The molecule has 1 aromatic heterocycles. The van der Waals surface area contributed by atoms with Crippen molar-refractivity contribution in [1.82, 2.24) is 9.97 Å². The quantitative estimate of drug-likeness (QED) is 0.286. The number of alkyl halides is 3. The number of nitrogens with zero attached hydrogens (tertiary/aromatic N) is 4. The molecule has 0 unspecified atom stereocenters. The van der Waals surface area contributed by atoms with Crippen molar-refractivity contribution >= 4 is 27.4 Å². The second-order valence-corrected chi connectivity index (χ2v) is 12.2. The fraction of sp³-hybridized carbons (Fsp3) is 0.393. The Bertz CT molecular complexity index is 1530. The van der Waals surface area contributed by atoms with Gasteiger partial charge in [-0.2, -0.15) is 13.2 Å². The van der Waals surface area contributed by atoms with Crippen LogP contribution < -0.4 is 9.80 Å². The Hall–Kier alpha value is -3.74. The molecule has 0 N–H and O–H groups in total. The molecular formula is C28H30F4N4O4S. The van der Waals surface area contributed by atoms with Crippen LogP contribution in [-0.4, -0.2) is 63.4 Å². The van der Waals surface area contributed by atoms with Crippen LogP contribution in [0.2, 0.25) is 0 Å². The number of hydrogen-bond donors (Lipinski definition) is 0. The number of sulfone groups is 1. The van der Waals surface area contributed by atoms with Gasteiger partial charge in [0.25, 0.3) is 0 Å². The lowest BCUT2D eigenvalue weighted by molar-refractivity contribution is -0.141. The molecule has 1 aliphatic heterocycles. The number of piperazine rings is 1. The second kappa shape index (κ2) is 11.6. The summed E-state index contributed by atoms with van der Waals surface area (Å²) in [6.07, 6.45) is -2.71. The molecule has 1 aliphatic rings. The van der Waals surface area contributed by atoms with Crippen molar-refractivity contribution in [3.8, 4) is 0 Å². The fourth-order valence-electron chi connectivity index (χ4n) is 4.84. The first-order valence-electron chi connectivity index (χ1n) is 12.8. The molecule has 13 heteroatoms. The molecule has 0 amide bonds. The first-order chi connectivity index (χ1) is 19.2. The molecule has 0 spiro atoms. The van der Waals surface area contributed by atoms with Gasteiger partial charge >= 0.3 is 12.1 Å². The van der Waals surface area contributed by atoms with Crippen LogP contribution in [0.5, 0.6) is 0 Å². The molecule has 1 atom stereocenters. The van der Waals surface area contributed by atoms with Gasteiger partial charge in [-0.25, -0.2) is 27.6 Å². The third-order valence-electron chi connectivity index (χ3n) is 7.01. The van der Waals surface area contributed by atoms with Gasteiger partial charge < -0.3 is 14.5 Å². The number of hydrogen-bond acceptors (Lipinski definition) is 8. The highest BCUT2D eigenvalue weighted by Crippen LogP contribution is 2.34. The van der Waals surface area contributed by atoms with Crippen LogP contribution in [0.4, 0.5) is 29.2 Å². The number of halogens is 4. The summed E-state index contributed by atoms with van der Waals surface area (Å²) in [5.41, 5.74) is 0.182. The van der Waals surface area contributed by atoms with Crippen LogP contribution in [0, 0.1) is 11.7 Å². The summed E-state index contributed by atoms with van der Waals surface area (Å²) in [4.78, 5) is 23.2. The van der Waals surface area contributed by atoms with Crippen LogP contribution in [-0.2, 0) is 27.2 Å². The first kappa shape index (κ1) is 30.2. The molecule has 1 saturated heterocycles. The van der Waals surface area contributed by atoms with E-state index in [1.54, 1.807) is 17.0 Å². The van der Waals surface area contributed by atoms with E-state index in [0.29, 0.717) is 24.3 Å². The number of anilines is 2. The minimum Gasteiger partial charge on any atom is -0.465 e. The number of rotatable bonds is 7. The predicted molar refractivity (Wildman–Crippen MR) is 145 cm³/mol. The molecule has 0 aliphatic carbocycles. The number of carbonyl (C=O) groups excluding carboxylic acids is 1. The van der Waals surface area contributed by atoms with E-state index in [1.807, 2.05) is 18.7 Å². The molecule has 4 rings (SSSR count). The summed E-state index contributed by atoms with van der Waals surface area (Å²) in [5, 5.41) is 0. The van der Waals surface area contributed by atoms with Gasteiger partial charge in [-0.3, -0.25) is 0 Å². The maximum absolute atomic E-state index is 14.2. The Balaban J connectivity index is 1.61. The van der Waals surface area contributed by atoms with Crippen molar-refractivity contribution in [2.75, 3.05) is 42.8 Å². The molecule has 8 nitrogen and oxygen atoms in total. The van der Waals surface area contributed by atoms with E-state index in [0.717, 1.165) is 12.3 Å². The number of carbonyl (C=O) groups is 1. The predicted octanol–water partition coefficient (Wildman–Crippen LogP) is 4.77. The summed E-state index contributed by atoms with van der Waals surface area (Å²) in [7, 11) is -2.55. The highest BCUT2D eigenvalue weighted by atomic mass is 32.2. The number of methoxy groups -OCH3 is 1. The van der Waals surface area contributed by atoms with E-state index < -0.39 is 38.4 Å². The summed E-state index contributed by atoms with van der Waals surface area (Å²) < 4.78 is 85.3. The third kappa shape index (κ3) is 6.77.